The van der Waals surface area contributed by atoms with Gasteiger partial charge in [0, 0.05) is 0 Å². The molecule has 15 atom stereocenters. The van der Waals surface area contributed by atoms with Crippen LogP contribution in [0.1, 0.15) is 6.92 Å². The molecule has 23 heteroatoms. The van der Waals surface area contributed by atoms with E-state index in [4.69, 9.17) is 32.8 Å². The number of ether oxygens (including phenoxy) is 5. The zero-order valence-electron chi connectivity index (χ0n) is 20.9. The average molecular weight is 649 g/mol. The highest BCUT2D eigenvalue weighted by atomic mass is 32.3. The van der Waals surface area contributed by atoms with E-state index in [9.17, 15) is 57.7 Å². The first-order valence-corrected chi connectivity index (χ1v) is 14.5. The maximum absolute atomic E-state index is 11.3. The SMILES string of the molecule is C[C@@H]1O[C@@H](O[C@@H]2[C@@H](O)[C@H](O)O[C@H](COS(=O)(=O)O)[C@H]2O[C@@H]2O[C@H](CO)[C@H](O)[C@H](OS(=O)(=O)O)[C@H]2O)[C@@H](O)[C@H](O)[C@@H]1O. The van der Waals surface area contributed by atoms with Crippen molar-refractivity contribution in [3.63, 3.8) is 0 Å². The van der Waals surface area contributed by atoms with E-state index in [2.05, 4.69) is 8.37 Å². The van der Waals surface area contributed by atoms with Crippen LogP contribution in [0.25, 0.3) is 0 Å². The molecule has 0 spiro atoms. The fourth-order valence-corrected chi connectivity index (χ4v) is 5.19. The third kappa shape index (κ3) is 8.44. The maximum Gasteiger partial charge on any atom is 0.397 e. The number of hydrogen-bond acceptors (Lipinski definition) is 19. The fraction of sp³-hybridized carbons (Fsp3) is 1.00. The van der Waals surface area contributed by atoms with Gasteiger partial charge in [0.15, 0.2) is 18.9 Å². The van der Waals surface area contributed by atoms with Crippen LogP contribution in [0.4, 0.5) is 0 Å². The Hall–Kier alpha value is -0.780. The first kappa shape index (κ1) is 34.7. The van der Waals surface area contributed by atoms with Crippen molar-refractivity contribution < 1.29 is 98.8 Å². The number of aliphatic hydroxyl groups is 8. The summed E-state index contributed by atoms with van der Waals surface area (Å²) in [6.45, 7) is -0.917. The Morgan fingerprint density at radius 3 is 1.78 bits per heavy atom. The second-order valence-electron chi connectivity index (χ2n) is 9.35. The average Bonchev–Trinajstić information content (AvgIpc) is 2.87. The van der Waals surface area contributed by atoms with Gasteiger partial charge in [0.05, 0.1) is 19.3 Å². The van der Waals surface area contributed by atoms with Crippen molar-refractivity contribution in [1.82, 2.24) is 0 Å². The van der Waals surface area contributed by atoms with Crippen LogP contribution in [0, 0.1) is 0 Å². The van der Waals surface area contributed by atoms with Crippen molar-refractivity contribution in [2.45, 2.75) is 99.0 Å². The first-order valence-electron chi connectivity index (χ1n) is 11.8. The van der Waals surface area contributed by atoms with E-state index >= 15 is 0 Å². The lowest BCUT2D eigenvalue weighted by Crippen LogP contribution is -2.67. The van der Waals surface area contributed by atoms with Gasteiger partial charge in [0.2, 0.25) is 0 Å². The summed E-state index contributed by atoms with van der Waals surface area (Å²) < 4.78 is 98.1. The minimum atomic E-state index is -5.32. The lowest BCUT2D eigenvalue weighted by Gasteiger charge is -2.48. The minimum absolute atomic E-state index is 1.03. The van der Waals surface area contributed by atoms with Crippen LogP contribution in [-0.4, -0.2) is 172 Å². The molecule has 0 bridgehead atoms. The van der Waals surface area contributed by atoms with Crippen molar-refractivity contribution in [2.75, 3.05) is 13.2 Å². The van der Waals surface area contributed by atoms with Crippen LogP contribution in [0.5, 0.6) is 0 Å². The van der Waals surface area contributed by atoms with Crippen molar-refractivity contribution in [3.8, 4) is 0 Å². The van der Waals surface area contributed by atoms with Crippen molar-refractivity contribution in [2.24, 2.45) is 0 Å². The zero-order valence-corrected chi connectivity index (χ0v) is 22.5. The molecule has 21 nitrogen and oxygen atoms in total. The highest BCUT2D eigenvalue weighted by Crippen LogP contribution is 2.33. The molecule has 0 aliphatic carbocycles. The zero-order chi connectivity index (χ0) is 31.0. The summed E-state index contributed by atoms with van der Waals surface area (Å²) in [5, 5.41) is 81.6. The fourth-order valence-electron chi connectivity index (χ4n) is 4.37. The van der Waals surface area contributed by atoms with Gasteiger partial charge in [-0.1, -0.05) is 0 Å². The van der Waals surface area contributed by atoms with E-state index in [-0.39, 0.29) is 0 Å². The molecular formula is C18H32O21S2. The molecule has 0 aromatic heterocycles. The van der Waals surface area contributed by atoms with Crippen LogP contribution in [0.15, 0.2) is 0 Å². The molecule has 242 valence electrons. The Morgan fingerprint density at radius 2 is 1.22 bits per heavy atom. The molecule has 3 saturated heterocycles. The maximum atomic E-state index is 11.3. The van der Waals surface area contributed by atoms with Gasteiger partial charge >= 0.3 is 20.8 Å². The molecule has 0 unspecified atom stereocenters. The molecule has 3 fully saturated rings. The van der Waals surface area contributed by atoms with Gasteiger partial charge in [-0.05, 0) is 6.92 Å². The topological polar surface area (TPSA) is 335 Å². The standard InChI is InChI=1S/C18H32O21S2/c1-4-7(20)9(22)10(23)17(34-4)38-15-11(24)16(26)35-6(3-33-40(27,28)29)13(15)37-18-12(25)14(39-41(30,31)32)8(21)5(2-19)36-18/h4-26H,2-3H2,1H3,(H,27,28,29)(H,30,31,32)/t4-,5+,6+,7+,8-,9+,10-,11+,12+,13+,14-,15+,16+,17-,18-/m0/s1. The Bertz CT molecular complexity index is 1070. The van der Waals surface area contributed by atoms with E-state index in [1.807, 2.05) is 0 Å². The van der Waals surface area contributed by atoms with Gasteiger partial charge < -0.3 is 64.5 Å². The largest absolute Gasteiger partial charge is 0.397 e. The molecule has 10 N–H and O–H groups in total. The highest BCUT2D eigenvalue weighted by molar-refractivity contribution is 7.81. The number of rotatable bonds is 10. The second kappa shape index (κ2) is 13.5. The normalized spacial score (nSPS) is 46.4. The lowest BCUT2D eigenvalue weighted by molar-refractivity contribution is -0.381. The van der Waals surface area contributed by atoms with Gasteiger partial charge in [0.1, 0.15) is 67.1 Å². The van der Waals surface area contributed by atoms with Gasteiger partial charge in [-0.25, -0.2) is 8.37 Å². The van der Waals surface area contributed by atoms with Crippen LogP contribution < -0.4 is 0 Å². The Labute approximate surface area is 232 Å². The van der Waals surface area contributed by atoms with Gasteiger partial charge in [0.25, 0.3) is 0 Å². The Morgan fingerprint density at radius 1 is 0.634 bits per heavy atom. The minimum Gasteiger partial charge on any atom is -0.394 e. The number of hydrogen-bond donors (Lipinski definition) is 10. The van der Waals surface area contributed by atoms with Crippen LogP contribution in [0.3, 0.4) is 0 Å². The predicted octanol–water partition coefficient (Wildman–Crippen LogP) is -6.89. The summed E-state index contributed by atoms with van der Waals surface area (Å²) in [5.74, 6) is 0. The van der Waals surface area contributed by atoms with Gasteiger partial charge in [-0.15, -0.1) is 0 Å². The van der Waals surface area contributed by atoms with E-state index in [0.717, 1.165) is 0 Å². The summed E-state index contributed by atoms with van der Waals surface area (Å²) in [4.78, 5) is 0. The predicted molar refractivity (Wildman–Crippen MR) is 121 cm³/mol. The van der Waals surface area contributed by atoms with E-state index in [1.54, 1.807) is 0 Å². The molecular weight excluding hydrogens is 616 g/mol. The third-order valence-corrected chi connectivity index (χ3v) is 7.36. The number of aliphatic hydroxyl groups excluding tert-OH is 8. The lowest BCUT2D eigenvalue weighted by atomic mass is 9.96. The van der Waals surface area contributed by atoms with E-state index in [0.29, 0.717) is 0 Å². The summed E-state index contributed by atoms with van der Waals surface area (Å²) >= 11 is 0. The van der Waals surface area contributed by atoms with Crippen LogP contribution in [0.2, 0.25) is 0 Å². The van der Waals surface area contributed by atoms with Gasteiger partial charge in [-0.3, -0.25) is 9.11 Å². The Balaban J connectivity index is 1.96. The molecule has 3 aliphatic rings. The molecule has 0 radical (unpaired) electrons. The molecule has 0 saturated carbocycles. The molecule has 3 aliphatic heterocycles. The molecule has 0 aromatic carbocycles. The van der Waals surface area contributed by atoms with Gasteiger partial charge in [-0.2, -0.15) is 16.8 Å². The highest BCUT2D eigenvalue weighted by Gasteiger charge is 2.54. The van der Waals surface area contributed by atoms with Crippen molar-refractivity contribution in [3.05, 3.63) is 0 Å². The third-order valence-electron chi connectivity index (χ3n) is 6.46. The molecule has 0 amide bonds. The quantitative estimate of drug-likeness (QED) is 0.0983. The first-order chi connectivity index (χ1) is 18.8. The summed E-state index contributed by atoms with van der Waals surface area (Å²) in [7, 11) is -10.5. The van der Waals surface area contributed by atoms with Crippen molar-refractivity contribution in [1.29, 1.82) is 0 Å². The van der Waals surface area contributed by atoms with E-state index in [1.165, 1.54) is 6.92 Å². The van der Waals surface area contributed by atoms with Crippen molar-refractivity contribution >= 4 is 20.8 Å². The summed E-state index contributed by atoms with van der Waals surface area (Å²) in [5.41, 5.74) is 0. The second-order valence-corrected chi connectivity index (χ2v) is 11.5. The summed E-state index contributed by atoms with van der Waals surface area (Å²) in [6, 6.07) is 0. The molecule has 41 heavy (non-hydrogen) atoms. The monoisotopic (exact) mass is 648 g/mol. The van der Waals surface area contributed by atoms with Crippen LogP contribution >= 0.6 is 0 Å². The summed E-state index contributed by atoms with van der Waals surface area (Å²) in [6.07, 6.45) is -29.0. The van der Waals surface area contributed by atoms with E-state index < -0.39 is 126 Å². The van der Waals surface area contributed by atoms with Crippen LogP contribution in [-0.2, 0) is 52.8 Å². The molecule has 0 aromatic rings. The molecule has 3 heterocycles. The molecule has 3 rings (SSSR count). The smallest absolute Gasteiger partial charge is 0.394 e. The Kier molecular flexibility index (Phi) is 11.4.